The van der Waals surface area contributed by atoms with Crippen LogP contribution in [0.4, 0.5) is 0 Å². The number of ether oxygens (including phenoxy) is 2. The summed E-state index contributed by atoms with van der Waals surface area (Å²) in [5.41, 5.74) is 2.32. The van der Waals surface area contributed by atoms with E-state index in [2.05, 4.69) is 0 Å². The molecule has 0 amide bonds. The number of aromatic nitrogens is 1. The quantitative estimate of drug-likeness (QED) is 0.735. The van der Waals surface area contributed by atoms with Gasteiger partial charge < -0.3 is 9.47 Å². The predicted molar refractivity (Wildman–Crippen MR) is 89.1 cm³/mol. The number of carbonyl (C=O) groups excluding carboxylic acids is 1. The van der Waals surface area contributed by atoms with Gasteiger partial charge in [0.1, 0.15) is 0 Å². The normalized spacial score (nSPS) is 10.3. The van der Waals surface area contributed by atoms with E-state index in [9.17, 15) is 4.79 Å². The molecule has 0 bridgehead atoms. The number of methoxy groups -OCH3 is 2. The Morgan fingerprint density at radius 2 is 1.48 bits per heavy atom. The molecule has 3 rings (SSSR count). The summed E-state index contributed by atoms with van der Waals surface area (Å²) in [4.78, 5) is 12.8. The number of hydrogen-bond donors (Lipinski definition) is 0. The molecule has 0 aliphatic heterocycles. The topological polar surface area (TPSA) is 40.5 Å². The van der Waals surface area contributed by atoms with Crippen LogP contribution < -0.4 is 9.47 Å². The molecule has 0 unspecified atom stereocenters. The van der Waals surface area contributed by atoms with Gasteiger partial charge in [0, 0.05) is 12.4 Å². The maximum absolute atomic E-state index is 12.8. The van der Waals surface area contributed by atoms with E-state index in [0.717, 1.165) is 11.1 Å². The van der Waals surface area contributed by atoms with Gasteiger partial charge in [0.15, 0.2) is 11.5 Å². The van der Waals surface area contributed by atoms with Gasteiger partial charge in [-0.05, 0) is 35.4 Å². The van der Waals surface area contributed by atoms with Crippen LogP contribution in [0.15, 0.2) is 67.0 Å². The lowest BCUT2D eigenvalue weighted by atomic mass is 9.98. The van der Waals surface area contributed by atoms with Crippen LogP contribution in [-0.4, -0.2) is 24.7 Å². The summed E-state index contributed by atoms with van der Waals surface area (Å²) >= 11 is 0. The van der Waals surface area contributed by atoms with Crippen molar-refractivity contribution in [3.8, 4) is 22.6 Å². The van der Waals surface area contributed by atoms with Crippen molar-refractivity contribution >= 4 is 5.91 Å². The molecule has 0 radical (unpaired) electrons. The first-order valence-corrected chi connectivity index (χ1v) is 7.23. The molecular weight excluding hydrogens is 290 g/mol. The summed E-state index contributed by atoms with van der Waals surface area (Å²) in [6.07, 6.45) is 3.46. The van der Waals surface area contributed by atoms with E-state index in [1.165, 1.54) is 0 Å². The van der Waals surface area contributed by atoms with Crippen LogP contribution in [-0.2, 0) is 0 Å². The van der Waals surface area contributed by atoms with Gasteiger partial charge in [-0.25, -0.2) is 0 Å². The second kappa shape index (κ2) is 6.40. The molecule has 0 atom stereocenters. The third kappa shape index (κ3) is 2.83. The standard InChI is InChI=1S/C19H17NO3/c1-22-17-12-15(14-8-4-3-5-9-14)16(13-18(17)23-2)19(21)20-10-6-7-11-20/h3-13H,1-2H3. The first-order chi connectivity index (χ1) is 11.2. The Morgan fingerprint density at radius 3 is 2.09 bits per heavy atom. The molecule has 1 heterocycles. The Bertz CT molecular complexity index is 808. The number of hydrogen-bond acceptors (Lipinski definition) is 3. The SMILES string of the molecule is COc1cc(C(=O)n2cccc2)c(-c2ccccc2)cc1OC. The molecule has 3 aromatic rings. The lowest BCUT2D eigenvalue weighted by molar-refractivity contribution is 0.0960. The first-order valence-electron chi connectivity index (χ1n) is 7.23. The number of benzene rings is 2. The van der Waals surface area contributed by atoms with E-state index in [4.69, 9.17) is 9.47 Å². The highest BCUT2D eigenvalue weighted by atomic mass is 16.5. The Hall–Kier alpha value is -3.01. The summed E-state index contributed by atoms with van der Waals surface area (Å²) < 4.78 is 12.3. The van der Waals surface area contributed by atoms with Gasteiger partial charge >= 0.3 is 0 Å². The van der Waals surface area contributed by atoms with Gasteiger partial charge in [0.2, 0.25) is 0 Å². The molecule has 1 aromatic heterocycles. The molecule has 0 aliphatic rings. The van der Waals surface area contributed by atoms with Gasteiger partial charge in [-0.2, -0.15) is 0 Å². The van der Waals surface area contributed by atoms with Gasteiger partial charge in [-0.1, -0.05) is 30.3 Å². The third-order valence-electron chi connectivity index (χ3n) is 3.68. The van der Waals surface area contributed by atoms with E-state index in [0.29, 0.717) is 17.1 Å². The van der Waals surface area contributed by atoms with Crippen molar-refractivity contribution in [3.05, 3.63) is 72.6 Å². The molecule has 0 saturated carbocycles. The molecule has 23 heavy (non-hydrogen) atoms. The van der Waals surface area contributed by atoms with Crippen molar-refractivity contribution in [3.63, 3.8) is 0 Å². The minimum absolute atomic E-state index is 0.116. The van der Waals surface area contributed by atoms with Gasteiger partial charge in [0.05, 0.1) is 19.8 Å². The van der Waals surface area contributed by atoms with Crippen LogP contribution in [0, 0.1) is 0 Å². The smallest absolute Gasteiger partial charge is 0.262 e. The zero-order valence-corrected chi connectivity index (χ0v) is 13.0. The molecular formula is C19H17NO3. The number of rotatable bonds is 4. The second-order valence-electron chi connectivity index (χ2n) is 5.01. The molecule has 0 N–H and O–H groups in total. The molecule has 2 aromatic carbocycles. The van der Waals surface area contributed by atoms with E-state index in [1.54, 1.807) is 37.2 Å². The fourth-order valence-corrected chi connectivity index (χ4v) is 2.52. The Morgan fingerprint density at radius 1 is 0.870 bits per heavy atom. The van der Waals surface area contributed by atoms with Crippen LogP contribution in [0.2, 0.25) is 0 Å². The molecule has 4 nitrogen and oxygen atoms in total. The Labute approximate surface area is 134 Å². The molecule has 0 fully saturated rings. The van der Waals surface area contributed by atoms with Crippen LogP contribution >= 0.6 is 0 Å². The average molecular weight is 307 g/mol. The number of nitrogens with zero attached hydrogens (tertiary/aromatic N) is 1. The highest BCUT2D eigenvalue weighted by molar-refractivity contribution is 6.03. The lowest BCUT2D eigenvalue weighted by Crippen LogP contribution is -2.11. The minimum atomic E-state index is -0.116. The van der Waals surface area contributed by atoms with Crippen molar-refractivity contribution in [2.24, 2.45) is 0 Å². The fourth-order valence-electron chi connectivity index (χ4n) is 2.52. The largest absolute Gasteiger partial charge is 0.493 e. The van der Waals surface area contributed by atoms with Gasteiger partial charge in [-0.3, -0.25) is 9.36 Å². The molecule has 116 valence electrons. The average Bonchev–Trinajstić information content (AvgIpc) is 3.15. The highest BCUT2D eigenvalue weighted by Crippen LogP contribution is 2.36. The van der Waals surface area contributed by atoms with Crippen LogP contribution in [0.1, 0.15) is 10.4 Å². The molecule has 0 saturated heterocycles. The van der Waals surface area contributed by atoms with Crippen LogP contribution in [0.3, 0.4) is 0 Å². The summed E-state index contributed by atoms with van der Waals surface area (Å²) in [5, 5.41) is 0. The van der Waals surface area contributed by atoms with E-state index < -0.39 is 0 Å². The van der Waals surface area contributed by atoms with Gasteiger partial charge in [0.25, 0.3) is 5.91 Å². The molecule has 4 heteroatoms. The van der Waals surface area contributed by atoms with Crippen molar-refractivity contribution < 1.29 is 14.3 Å². The summed E-state index contributed by atoms with van der Waals surface area (Å²) in [7, 11) is 3.14. The summed E-state index contributed by atoms with van der Waals surface area (Å²) in [6, 6.07) is 17.0. The van der Waals surface area contributed by atoms with Crippen molar-refractivity contribution in [1.82, 2.24) is 4.57 Å². The van der Waals surface area contributed by atoms with Crippen molar-refractivity contribution in [2.45, 2.75) is 0 Å². The summed E-state index contributed by atoms with van der Waals surface area (Å²) in [6.45, 7) is 0. The van der Waals surface area contributed by atoms with Crippen LogP contribution in [0.25, 0.3) is 11.1 Å². The Balaban J connectivity index is 2.21. The lowest BCUT2D eigenvalue weighted by Gasteiger charge is -2.15. The monoisotopic (exact) mass is 307 g/mol. The summed E-state index contributed by atoms with van der Waals surface area (Å²) in [5.74, 6) is 1.01. The van der Waals surface area contributed by atoms with E-state index in [-0.39, 0.29) is 5.91 Å². The van der Waals surface area contributed by atoms with Gasteiger partial charge in [-0.15, -0.1) is 0 Å². The highest BCUT2D eigenvalue weighted by Gasteiger charge is 2.18. The maximum atomic E-state index is 12.8. The molecule has 0 spiro atoms. The van der Waals surface area contributed by atoms with E-state index in [1.807, 2.05) is 48.5 Å². The maximum Gasteiger partial charge on any atom is 0.262 e. The second-order valence-corrected chi connectivity index (χ2v) is 5.01. The first kappa shape index (κ1) is 14.9. The van der Waals surface area contributed by atoms with Crippen molar-refractivity contribution in [1.29, 1.82) is 0 Å². The number of carbonyl (C=O) groups is 1. The molecule has 0 aliphatic carbocycles. The van der Waals surface area contributed by atoms with E-state index >= 15 is 0 Å². The zero-order valence-electron chi connectivity index (χ0n) is 13.0. The van der Waals surface area contributed by atoms with Crippen molar-refractivity contribution in [2.75, 3.05) is 14.2 Å². The predicted octanol–water partition coefficient (Wildman–Crippen LogP) is 3.86. The minimum Gasteiger partial charge on any atom is -0.493 e. The fraction of sp³-hybridized carbons (Fsp3) is 0.105. The Kier molecular flexibility index (Phi) is 4.15. The van der Waals surface area contributed by atoms with Crippen LogP contribution in [0.5, 0.6) is 11.5 Å². The third-order valence-corrected chi connectivity index (χ3v) is 3.68. The zero-order chi connectivity index (χ0) is 16.2.